The second-order valence-electron chi connectivity index (χ2n) is 4.30. The number of rotatable bonds is 3. The zero-order valence-corrected chi connectivity index (χ0v) is 8.92. The van der Waals surface area contributed by atoms with E-state index < -0.39 is 0 Å². The SMILES string of the molecule is Cc1c(CNC2CC2)oc2ccccc12. The van der Waals surface area contributed by atoms with Crippen LogP contribution in [0.2, 0.25) is 0 Å². The van der Waals surface area contributed by atoms with Crippen LogP contribution >= 0.6 is 0 Å². The topological polar surface area (TPSA) is 25.2 Å². The van der Waals surface area contributed by atoms with E-state index in [1.807, 2.05) is 12.1 Å². The lowest BCUT2D eigenvalue weighted by molar-refractivity contribution is 0.509. The van der Waals surface area contributed by atoms with Gasteiger partial charge in [0, 0.05) is 11.4 Å². The van der Waals surface area contributed by atoms with Crippen LogP contribution in [0.5, 0.6) is 0 Å². The van der Waals surface area contributed by atoms with Crippen LogP contribution in [0.15, 0.2) is 28.7 Å². The van der Waals surface area contributed by atoms with Gasteiger partial charge in [0.25, 0.3) is 0 Å². The van der Waals surface area contributed by atoms with Gasteiger partial charge in [-0.25, -0.2) is 0 Å². The molecule has 1 aromatic carbocycles. The van der Waals surface area contributed by atoms with Crippen molar-refractivity contribution < 1.29 is 4.42 Å². The molecule has 78 valence electrons. The number of hydrogen-bond acceptors (Lipinski definition) is 2. The van der Waals surface area contributed by atoms with Crippen molar-refractivity contribution in [3.8, 4) is 0 Å². The Morgan fingerprint density at radius 1 is 1.33 bits per heavy atom. The van der Waals surface area contributed by atoms with Crippen molar-refractivity contribution in [1.82, 2.24) is 5.32 Å². The molecule has 1 saturated carbocycles. The van der Waals surface area contributed by atoms with E-state index in [2.05, 4.69) is 24.4 Å². The molecule has 1 N–H and O–H groups in total. The molecule has 1 heterocycles. The Balaban J connectivity index is 1.92. The maximum absolute atomic E-state index is 5.81. The molecule has 0 spiro atoms. The molecule has 0 unspecified atom stereocenters. The summed E-state index contributed by atoms with van der Waals surface area (Å²) in [6, 6.07) is 8.96. The summed E-state index contributed by atoms with van der Waals surface area (Å²) in [5, 5.41) is 4.72. The standard InChI is InChI=1S/C13H15NO/c1-9-11-4-2-3-5-12(11)15-13(9)8-14-10-6-7-10/h2-5,10,14H,6-8H2,1H3. The van der Waals surface area contributed by atoms with Crippen molar-refractivity contribution in [2.45, 2.75) is 32.4 Å². The lowest BCUT2D eigenvalue weighted by Gasteiger charge is -1.99. The van der Waals surface area contributed by atoms with Crippen molar-refractivity contribution in [3.05, 3.63) is 35.6 Å². The number of nitrogens with one attached hydrogen (secondary N) is 1. The van der Waals surface area contributed by atoms with E-state index in [0.717, 1.165) is 23.9 Å². The fraction of sp³-hybridized carbons (Fsp3) is 0.385. The third kappa shape index (κ3) is 1.65. The van der Waals surface area contributed by atoms with Crippen LogP contribution in [0.4, 0.5) is 0 Å². The molecule has 2 aromatic rings. The van der Waals surface area contributed by atoms with Gasteiger partial charge < -0.3 is 9.73 Å². The van der Waals surface area contributed by atoms with E-state index in [1.165, 1.54) is 23.8 Å². The van der Waals surface area contributed by atoms with Gasteiger partial charge in [0.1, 0.15) is 11.3 Å². The van der Waals surface area contributed by atoms with Crippen molar-refractivity contribution in [2.24, 2.45) is 0 Å². The van der Waals surface area contributed by atoms with Crippen molar-refractivity contribution >= 4 is 11.0 Å². The van der Waals surface area contributed by atoms with Gasteiger partial charge in [-0.2, -0.15) is 0 Å². The lowest BCUT2D eigenvalue weighted by Crippen LogP contribution is -2.15. The van der Waals surface area contributed by atoms with Gasteiger partial charge in [0.05, 0.1) is 6.54 Å². The van der Waals surface area contributed by atoms with E-state index in [9.17, 15) is 0 Å². The summed E-state index contributed by atoms with van der Waals surface area (Å²) in [6.45, 7) is 3.00. The number of fused-ring (bicyclic) bond motifs is 1. The van der Waals surface area contributed by atoms with Gasteiger partial charge in [0.2, 0.25) is 0 Å². The number of furan rings is 1. The first-order valence-electron chi connectivity index (χ1n) is 5.55. The minimum Gasteiger partial charge on any atom is -0.459 e. The summed E-state index contributed by atoms with van der Waals surface area (Å²) in [4.78, 5) is 0. The predicted octanol–water partition coefficient (Wildman–Crippen LogP) is 2.99. The highest BCUT2D eigenvalue weighted by molar-refractivity contribution is 5.81. The smallest absolute Gasteiger partial charge is 0.134 e. The monoisotopic (exact) mass is 201 g/mol. The highest BCUT2D eigenvalue weighted by Crippen LogP contribution is 2.26. The quantitative estimate of drug-likeness (QED) is 0.825. The fourth-order valence-corrected chi connectivity index (χ4v) is 1.92. The summed E-state index contributed by atoms with van der Waals surface area (Å²) < 4.78 is 5.81. The molecule has 0 bridgehead atoms. The number of aryl methyl sites for hydroxylation is 1. The number of benzene rings is 1. The fourth-order valence-electron chi connectivity index (χ4n) is 1.92. The lowest BCUT2D eigenvalue weighted by atomic mass is 10.1. The Morgan fingerprint density at radius 3 is 2.87 bits per heavy atom. The van der Waals surface area contributed by atoms with Crippen LogP contribution in [0.1, 0.15) is 24.2 Å². The zero-order chi connectivity index (χ0) is 10.3. The van der Waals surface area contributed by atoms with Crippen LogP contribution in [0.3, 0.4) is 0 Å². The molecule has 3 rings (SSSR count). The molecule has 15 heavy (non-hydrogen) atoms. The molecule has 0 atom stereocenters. The molecule has 1 aliphatic rings. The average Bonchev–Trinajstić information content (AvgIpc) is 3.03. The minimum absolute atomic E-state index is 0.734. The Morgan fingerprint density at radius 2 is 2.13 bits per heavy atom. The summed E-state index contributed by atoms with van der Waals surface area (Å²) in [5.41, 5.74) is 2.28. The van der Waals surface area contributed by atoms with Crippen LogP contribution in [0.25, 0.3) is 11.0 Å². The van der Waals surface area contributed by atoms with Gasteiger partial charge >= 0.3 is 0 Å². The molecule has 2 nitrogen and oxygen atoms in total. The number of hydrogen-bond donors (Lipinski definition) is 1. The first-order chi connectivity index (χ1) is 7.34. The van der Waals surface area contributed by atoms with Gasteiger partial charge in [-0.3, -0.25) is 0 Å². The van der Waals surface area contributed by atoms with E-state index in [-0.39, 0.29) is 0 Å². The molecule has 0 saturated heterocycles. The molecule has 0 amide bonds. The molecule has 0 radical (unpaired) electrons. The molecular formula is C13H15NO. The van der Waals surface area contributed by atoms with Gasteiger partial charge in [-0.1, -0.05) is 18.2 Å². The van der Waals surface area contributed by atoms with E-state index in [1.54, 1.807) is 0 Å². The van der Waals surface area contributed by atoms with E-state index in [4.69, 9.17) is 4.42 Å². The Labute approximate surface area is 89.3 Å². The Bertz CT molecular complexity index is 482. The summed E-state index contributed by atoms with van der Waals surface area (Å²) >= 11 is 0. The zero-order valence-electron chi connectivity index (χ0n) is 8.92. The molecule has 2 heteroatoms. The van der Waals surface area contributed by atoms with Crippen molar-refractivity contribution in [3.63, 3.8) is 0 Å². The molecule has 0 aliphatic heterocycles. The minimum atomic E-state index is 0.734. The normalized spacial score (nSPS) is 16.1. The van der Waals surface area contributed by atoms with Crippen molar-refractivity contribution in [1.29, 1.82) is 0 Å². The predicted molar refractivity (Wildman–Crippen MR) is 60.8 cm³/mol. The van der Waals surface area contributed by atoms with Crippen LogP contribution < -0.4 is 5.32 Å². The van der Waals surface area contributed by atoms with Gasteiger partial charge in [-0.15, -0.1) is 0 Å². The average molecular weight is 201 g/mol. The first-order valence-corrected chi connectivity index (χ1v) is 5.55. The van der Waals surface area contributed by atoms with E-state index >= 15 is 0 Å². The highest BCUT2D eigenvalue weighted by atomic mass is 16.3. The van der Waals surface area contributed by atoms with Crippen LogP contribution in [0, 0.1) is 6.92 Å². The maximum Gasteiger partial charge on any atom is 0.134 e. The Hall–Kier alpha value is -1.28. The first kappa shape index (κ1) is 8.98. The summed E-state index contributed by atoms with van der Waals surface area (Å²) in [7, 11) is 0. The molecule has 1 fully saturated rings. The maximum atomic E-state index is 5.81. The van der Waals surface area contributed by atoms with E-state index in [0.29, 0.717) is 0 Å². The number of para-hydroxylation sites is 1. The Kier molecular flexibility index (Phi) is 2.03. The largest absolute Gasteiger partial charge is 0.459 e. The highest BCUT2D eigenvalue weighted by Gasteiger charge is 2.21. The molecular weight excluding hydrogens is 186 g/mol. The molecule has 1 aliphatic carbocycles. The third-order valence-corrected chi connectivity index (χ3v) is 3.07. The van der Waals surface area contributed by atoms with Gasteiger partial charge in [-0.05, 0) is 31.4 Å². The third-order valence-electron chi connectivity index (χ3n) is 3.07. The second kappa shape index (κ2) is 3.38. The van der Waals surface area contributed by atoms with Gasteiger partial charge in [0.15, 0.2) is 0 Å². The van der Waals surface area contributed by atoms with Crippen LogP contribution in [-0.4, -0.2) is 6.04 Å². The van der Waals surface area contributed by atoms with Crippen molar-refractivity contribution in [2.75, 3.05) is 0 Å². The molecule has 1 aromatic heterocycles. The second-order valence-corrected chi connectivity index (χ2v) is 4.30. The van der Waals surface area contributed by atoms with Crippen LogP contribution in [-0.2, 0) is 6.54 Å². The summed E-state index contributed by atoms with van der Waals surface area (Å²) in [6.07, 6.45) is 2.64. The summed E-state index contributed by atoms with van der Waals surface area (Å²) in [5.74, 6) is 1.09.